The molecule has 0 aliphatic heterocycles. The molecule has 0 amide bonds. The Kier molecular flexibility index (Phi) is 3.17. The molecule has 0 bridgehead atoms. The molecule has 8 heteroatoms. The van der Waals surface area contributed by atoms with Crippen LogP contribution in [0.1, 0.15) is 5.56 Å². The number of nitrogens with two attached hydrogens (primary N) is 1. The van der Waals surface area contributed by atoms with E-state index in [-0.39, 0.29) is 5.82 Å². The van der Waals surface area contributed by atoms with Gasteiger partial charge in [0.2, 0.25) is 0 Å². The molecule has 0 aromatic carbocycles. The van der Waals surface area contributed by atoms with Gasteiger partial charge in [-0.25, -0.2) is 9.67 Å². The van der Waals surface area contributed by atoms with Gasteiger partial charge in [0, 0.05) is 6.20 Å². The molecule has 0 saturated heterocycles. The fraction of sp³-hybridized carbons (Fsp3) is 0.0769. The second-order valence-corrected chi connectivity index (χ2v) is 5.21. The van der Waals surface area contributed by atoms with E-state index in [0.717, 1.165) is 17.1 Å². The number of pyridine rings is 1. The first-order valence-electron chi connectivity index (χ1n) is 5.88. The van der Waals surface area contributed by atoms with Gasteiger partial charge < -0.3 is 5.73 Å². The van der Waals surface area contributed by atoms with Crippen molar-refractivity contribution in [3.05, 3.63) is 47.6 Å². The van der Waals surface area contributed by atoms with Gasteiger partial charge in [0.25, 0.3) is 0 Å². The number of anilines is 1. The molecule has 4 nitrogen and oxygen atoms in total. The standard InChI is InChI=1S/C13H9F3N4S/c14-13(15,16)8-3-4-11(18-6-8)20-7-9(17)12(19-20)10-2-1-5-21-10/h1-7H,17H2. The molecule has 0 spiro atoms. The van der Waals surface area contributed by atoms with E-state index in [1.165, 1.54) is 28.3 Å². The van der Waals surface area contributed by atoms with E-state index in [9.17, 15) is 13.2 Å². The lowest BCUT2D eigenvalue weighted by Crippen LogP contribution is -2.07. The molecule has 0 aliphatic carbocycles. The molecular weight excluding hydrogens is 301 g/mol. The Morgan fingerprint density at radius 3 is 2.57 bits per heavy atom. The Morgan fingerprint density at radius 2 is 2.00 bits per heavy atom. The SMILES string of the molecule is Nc1cn(-c2ccc(C(F)(F)F)cn2)nc1-c1cccs1. The highest BCUT2D eigenvalue weighted by Crippen LogP contribution is 2.30. The maximum absolute atomic E-state index is 12.5. The average molecular weight is 310 g/mol. The molecule has 0 atom stereocenters. The Bertz CT molecular complexity index is 745. The number of nitrogens with zero attached hydrogens (tertiary/aromatic N) is 3. The molecule has 21 heavy (non-hydrogen) atoms. The van der Waals surface area contributed by atoms with Crippen molar-refractivity contribution in [1.29, 1.82) is 0 Å². The van der Waals surface area contributed by atoms with Crippen LogP contribution in [0.15, 0.2) is 42.0 Å². The molecule has 108 valence electrons. The summed E-state index contributed by atoms with van der Waals surface area (Å²) >= 11 is 1.48. The zero-order valence-corrected chi connectivity index (χ0v) is 11.3. The van der Waals surface area contributed by atoms with Crippen LogP contribution in [0.25, 0.3) is 16.4 Å². The van der Waals surface area contributed by atoms with Crippen LogP contribution < -0.4 is 5.73 Å². The zero-order chi connectivity index (χ0) is 15.0. The van der Waals surface area contributed by atoms with Crippen molar-refractivity contribution in [3.63, 3.8) is 0 Å². The van der Waals surface area contributed by atoms with E-state index in [1.54, 1.807) is 0 Å². The van der Waals surface area contributed by atoms with Gasteiger partial charge >= 0.3 is 6.18 Å². The van der Waals surface area contributed by atoms with Gasteiger partial charge in [0.15, 0.2) is 5.82 Å². The average Bonchev–Trinajstić information content (AvgIpc) is 3.07. The minimum Gasteiger partial charge on any atom is -0.396 e. The molecule has 0 unspecified atom stereocenters. The monoisotopic (exact) mass is 310 g/mol. The Morgan fingerprint density at radius 1 is 1.19 bits per heavy atom. The number of nitrogen functional groups attached to an aromatic ring is 1. The summed E-state index contributed by atoms with van der Waals surface area (Å²) in [6, 6.07) is 5.96. The summed E-state index contributed by atoms with van der Waals surface area (Å²) in [4.78, 5) is 4.67. The van der Waals surface area contributed by atoms with E-state index in [2.05, 4.69) is 10.1 Å². The van der Waals surface area contributed by atoms with Crippen LogP contribution in [0.4, 0.5) is 18.9 Å². The highest BCUT2D eigenvalue weighted by Gasteiger charge is 2.30. The van der Waals surface area contributed by atoms with Gasteiger partial charge in [-0.1, -0.05) is 6.07 Å². The second kappa shape index (κ2) is 4.88. The third-order valence-electron chi connectivity index (χ3n) is 2.81. The lowest BCUT2D eigenvalue weighted by atomic mass is 10.3. The molecule has 3 aromatic heterocycles. The smallest absolute Gasteiger partial charge is 0.396 e. The Labute approximate surface area is 121 Å². The van der Waals surface area contributed by atoms with Gasteiger partial charge in [0.1, 0.15) is 5.69 Å². The maximum Gasteiger partial charge on any atom is 0.417 e. The first-order valence-corrected chi connectivity index (χ1v) is 6.76. The van der Waals surface area contributed by atoms with Crippen LogP contribution in [0.3, 0.4) is 0 Å². The first kappa shape index (κ1) is 13.6. The summed E-state index contributed by atoms with van der Waals surface area (Å²) in [5.41, 5.74) is 6.12. The predicted molar refractivity (Wildman–Crippen MR) is 74.1 cm³/mol. The van der Waals surface area contributed by atoms with Crippen molar-refractivity contribution >= 4 is 17.0 Å². The molecule has 3 aromatic rings. The second-order valence-electron chi connectivity index (χ2n) is 4.26. The van der Waals surface area contributed by atoms with Gasteiger partial charge in [0.05, 0.1) is 22.3 Å². The van der Waals surface area contributed by atoms with Crippen LogP contribution in [-0.2, 0) is 6.18 Å². The number of halogens is 3. The summed E-state index contributed by atoms with van der Waals surface area (Å²) in [7, 11) is 0. The topological polar surface area (TPSA) is 56.7 Å². The number of hydrogen-bond donors (Lipinski definition) is 1. The zero-order valence-electron chi connectivity index (χ0n) is 10.5. The van der Waals surface area contributed by atoms with Crippen LogP contribution in [0, 0.1) is 0 Å². The Hall–Kier alpha value is -2.35. The van der Waals surface area contributed by atoms with Crippen molar-refractivity contribution < 1.29 is 13.2 Å². The highest BCUT2D eigenvalue weighted by atomic mass is 32.1. The maximum atomic E-state index is 12.5. The summed E-state index contributed by atoms with van der Waals surface area (Å²) in [6.07, 6.45) is -2.10. The fourth-order valence-corrected chi connectivity index (χ4v) is 2.53. The largest absolute Gasteiger partial charge is 0.417 e. The van der Waals surface area contributed by atoms with Gasteiger partial charge in [-0.15, -0.1) is 11.3 Å². The number of aromatic nitrogens is 3. The number of hydrogen-bond acceptors (Lipinski definition) is 4. The van der Waals surface area contributed by atoms with Crippen molar-refractivity contribution in [1.82, 2.24) is 14.8 Å². The van der Waals surface area contributed by atoms with Crippen molar-refractivity contribution in [2.45, 2.75) is 6.18 Å². The van der Waals surface area contributed by atoms with E-state index in [4.69, 9.17) is 5.73 Å². The van der Waals surface area contributed by atoms with Gasteiger partial charge in [-0.05, 0) is 23.6 Å². The number of alkyl halides is 3. The highest BCUT2D eigenvalue weighted by molar-refractivity contribution is 7.13. The summed E-state index contributed by atoms with van der Waals surface area (Å²) in [5, 5.41) is 6.17. The van der Waals surface area contributed by atoms with E-state index in [1.807, 2.05) is 17.5 Å². The van der Waals surface area contributed by atoms with E-state index >= 15 is 0 Å². The van der Waals surface area contributed by atoms with Crippen molar-refractivity contribution in [3.8, 4) is 16.4 Å². The quantitative estimate of drug-likeness (QED) is 0.787. The molecule has 3 heterocycles. The lowest BCUT2D eigenvalue weighted by Gasteiger charge is -2.06. The van der Waals surface area contributed by atoms with E-state index in [0.29, 0.717) is 11.4 Å². The van der Waals surface area contributed by atoms with Crippen LogP contribution >= 0.6 is 11.3 Å². The van der Waals surface area contributed by atoms with Gasteiger partial charge in [-0.3, -0.25) is 0 Å². The minimum absolute atomic E-state index is 0.275. The number of rotatable bonds is 2. The molecule has 2 N–H and O–H groups in total. The fourth-order valence-electron chi connectivity index (χ4n) is 1.80. The van der Waals surface area contributed by atoms with Crippen LogP contribution in [0.5, 0.6) is 0 Å². The van der Waals surface area contributed by atoms with Crippen LogP contribution in [0.2, 0.25) is 0 Å². The molecular formula is C13H9F3N4S. The molecule has 0 fully saturated rings. The van der Waals surface area contributed by atoms with Crippen molar-refractivity contribution in [2.24, 2.45) is 0 Å². The Balaban J connectivity index is 1.96. The van der Waals surface area contributed by atoms with Crippen LogP contribution in [-0.4, -0.2) is 14.8 Å². The van der Waals surface area contributed by atoms with E-state index < -0.39 is 11.7 Å². The molecule has 0 radical (unpaired) electrons. The summed E-state index contributed by atoms with van der Waals surface area (Å²) in [6.45, 7) is 0. The normalized spacial score (nSPS) is 11.8. The summed E-state index contributed by atoms with van der Waals surface area (Å²) in [5.74, 6) is 0.275. The molecule has 0 aliphatic rings. The first-order chi connectivity index (χ1) is 9.95. The third-order valence-corrected chi connectivity index (χ3v) is 3.68. The number of thiophene rings is 1. The lowest BCUT2D eigenvalue weighted by molar-refractivity contribution is -0.137. The van der Waals surface area contributed by atoms with Crippen molar-refractivity contribution in [2.75, 3.05) is 5.73 Å². The summed E-state index contributed by atoms with van der Waals surface area (Å²) < 4.78 is 38.9. The molecule has 3 rings (SSSR count). The van der Waals surface area contributed by atoms with Gasteiger partial charge in [-0.2, -0.15) is 18.3 Å². The molecule has 0 saturated carbocycles. The predicted octanol–water partition coefficient (Wildman–Crippen LogP) is 3.60. The minimum atomic E-state index is -4.41. The third kappa shape index (κ3) is 2.62.